The molecule has 4 heteroatoms. The predicted octanol–water partition coefficient (Wildman–Crippen LogP) is 3.31. The van der Waals surface area contributed by atoms with Crippen LogP contribution in [0.1, 0.15) is 18.1 Å². The van der Waals surface area contributed by atoms with E-state index in [4.69, 9.17) is 0 Å². The zero-order valence-corrected chi connectivity index (χ0v) is 8.06. The van der Waals surface area contributed by atoms with E-state index < -0.39 is 11.7 Å². The van der Waals surface area contributed by atoms with Crippen molar-refractivity contribution in [3.63, 3.8) is 0 Å². The van der Waals surface area contributed by atoms with E-state index in [9.17, 15) is 18.0 Å². The van der Waals surface area contributed by atoms with Gasteiger partial charge in [0.1, 0.15) is 0 Å². The summed E-state index contributed by atoms with van der Waals surface area (Å²) in [5.41, 5.74) is -0.485. The summed E-state index contributed by atoms with van der Waals surface area (Å²) in [6.07, 6.45) is -4.40. The van der Waals surface area contributed by atoms with E-state index in [-0.39, 0.29) is 16.9 Å². The van der Waals surface area contributed by atoms with Gasteiger partial charge in [-0.15, -0.1) is 0 Å². The molecule has 0 heterocycles. The largest absolute Gasteiger partial charge is 0.416 e. The minimum absolute atomic E-state index is 0.0844. The van der Waals surface area contributed by atoms with Crippen LogP contribution < -0.4 is 0 Å². The fourth-order valence-corrected chi connectivity index (χ4v) is 1.09. The third-order valence-corrected chi connectivity index (χ3v) is 1.96. The van der Waals surface area contributed by atoms with E-state index >= 15 is 0 Å². The summed E-state index contributed by atoms with van der Waals surface area (Å²) in [6.45, 7) is 4.70. The van der Waals surface area contributed by atoms with Crippen molar-refractivity contribution >= 4 is 11.4 Å². The van der Waals surface area contributed by atoms with Crippen LogP contribution in [0.2, 0.25) is 0 Å². The van der Waals surface area contributed by atoms with Gasteiger partial charge in [-0.2, -0.15) is 13.2 Å². The molecule has 0 aliphatic rings. The second-order valence-corrected chi connectivity index (χ2v) is 3.11. The number of allylic oxidation sites excluding steroid dienone is 1. The van der Waals surface area contributed by atoms with Gasteiger partial charge in [0.05, 0.1) is 5.56 Å². The molecule has 0 unspecified atom stereocenters. The van der Waals surface area contributed by atoms with Crippen LogP contribution in [0.5, 0.6) is 0 Å². The zero-order chi connectivity index (χ0) is 11.6. The normalized spacial score (nSPS) is 11.2. The summed E-state index contributed by atoms with van der Waals surface area (Å²) >= 11 is 0. The molecular weight excluding hydrogens is 205 g/mol. The molecule has 15 heavy (non-hydrogen) atoms. The third-order valence-electron chi connectivity index (χ3n) is 1.96. The Labute approximate surface area is 85.2 Å². The number of halogens is 3. The Morgan fingerprint density at radius 2 is 1.93 bits per heavy atom. The first-order chi connectivity index (χ1) is 6.82. The van der Waals surface area contributed by atoms with Crippen molar-refractivity contribution in [1.29, 1.82) is 0 Å². The first kappa shape index (κ1) is 11.5. The third kappa shape index (κ3) is 2.68. The average Bonchev–Trinajstić information content (AvgIpc) is 2.15. The monoisotopic (exact) mass is 214 g/mol. The van der Waals surface area contributed by atoms with Gasteiger partial charge in [0.15, 0.2) is 5.78 Å². The lowest BCUT2D eigenvalue weighted by atomic mass is 10.0. The lowest BCUT2D eigenvalue weighted by Crippen LogP contribution is -2.05. The SMILES string of the molecule is C=C(C(C)=O)c1cccc(C(F)(F)F)c1. The number of hydrogen-bond donors (Lipinski definition) is 0. The van der Waals surface area contributed by atoms with Crippen LogP contribution in [0.25, 0.3) is 5.57 Å². The van der Waals surface area contributed by atoms with Crippen LogP contribution in [-0.4, -0.2) is 5.78 Å². The summed E-state index contributed by atoms with van der Waals surface area (Å²) in [4.78, 5) is 10.9. The van der Waals surface area contributed by atoms with Crippen LogP contribution in [0.4, 0.5) is 13.2 Å². The van der Waals surface area contributed by atoms with E-state index in [0.29, 0.717) is 0 Å². The molecule has 80 valence electrons. The van der Waals surface area contributed by atoms with Gasteiger partial charge >= 0.3 is 6.18 Å². The van der Waals surface area contributed by atoms with Crippen molar-refractivity contribution in [3.05, 3.63) is 42.0 Å². The van der Waals surface area contributed by atoms with Gasteiger partial charge in [-0.05, 0) is 24.6 Å². The van der Waals surface area contributed by atoms with Gasteiger partial charge < -0.3 is 0 Å². The fraction of sp³-hybridized carbons (Fsp3) is 0.182. The first-order valence-electron chi connectivity index (χ1n) is 4.20. The molecule has 0 bridgehead atoms. The van der Waals surface area contributed by atoms with Crippen molar-refractivity contribution in [3.8, 4) is 0 Å². The van der Waals surface area contributed by atoms with Crippen LogP contribution >= 0.6 is 0 Å². The number of ketones is 1. The standard InChI is InChI=1S/C11H9F3O/c1-7(8(2)15)9-4-3-5-10(6-9)11(12,13)14/h3-6H,1H2,2H3. The number of carbonyl (C=O) groups is 1. The van der Waals surface area contributed by atoms with E-state index in [1.807, 2.05) is 0 Å². The Morgan fingerprint density at radius 3 is 2.40 bits per heavy atom. The number of rotatable bonds is 2. The van der Waals surface area contributed by atoms with Crippen LogP contribution in [0.15, 0.2) is 30.8 Å². The molecule has 1 rings (SSSR count). The van der Waals surface area contributed by atoms with E-state index in [2.05, 4.69) is 6.58 Å². The van der Waals surface area contributed by atoms with Gasteiger partial charge in [0, 0.05) is 5.57 Å². The van der Waals surface area contributed by atoms with Gasteiger partial charge in [-0.1, -0.05) is 18.7 Å². The maximum atomic E-state index is 12.3. The molecule has 0 amide bonds. The Morgan fingerprint density at radius 1 is 1.33 bits per heavy atom. The molecule has 0 fully saturated rings. The maximum absolute atomic E-state index is 12.3. The van der Waals surface area contributed by atoms with E-state index in [1.165, 1.54) is 19.1 Å². The Balaban J connectivity index is 3.14. The molecule has 0 N–H and O–H groups in total. The van der Waals surface area contributed by atoms with E-state index in [1.54, 1.807) is 0 Å². The second kappa shape index (κ2) is 3.88. The summed E-state index contributed by atoms with van der Waals surface area (Å²) in [5, 5.41) is 0. The average molecular weight is 214 g/mol. The minimum atomic E-state index is -4.40. The molecule has 0 aliphatic carbocycles. The van der Waals surface area contributed by atoms with Crippen LogP contribution in [0, 0.1) is 0 Å². The zero-order valence-electron chi connectivity index (χ0n) is 8.06. The molecule has 0 saturated heterocycles. The smallest absolute Gasteiger partial charge is 0.295 e. The van der Waals surface area contributed by atoms with Crippen molar-refractivity contribution in [2.75, 3.05) is 0 Å². The highest BCUT2D eigenvalue weighted by Crippen LogP contribution is 2.30. The van der Waals surface area contributed by atoms with Crippen molar-refractivity contribution in [1.82, 2.24) is 0 Å². The van der Waals surface area contributed by atoms with Gasteiger partial charge in [-0.3, -0.25) is 4.79 Å². The quantitative estimate of drug-likeness (QED) is 0.690. The van der Waals surface area contributed by atoms with Crippen molar-refractivity contribution in [2.45, 2.75) is 13.1 Å². The van der Waals surface area contributed by atoms with Crippen molar-refractivity contribution < 1.29 is 18.0 Å². The van der Waals surface area contributed by atoms with Gasteiger partial charge in [0.25, 0.3) is 0 Å². The van der Waals surface area contributed by atoms with E-state index in [0.717, 1.165) is 12.1 Å². The minimum Gasteiger partial charge on any atom is -0.295 e. The van der Waals surface area contributed by atoms with Crippen LogP contribution in [0.3, 0.4) is 0 Å². The predicted molar refractivity (Wildman–Crippen MR) is 51.2 cm³/mol. The second-order valence-electron chi connectivity index (χ2n) is 3.11. The molecule has 1 nitrogen and oxygen atoms in total. The van der Waals surface area contributed by atoms with Gasteiger partial charge in [0.2, 0.25) is 0 Å². The maximum Gasteiger partial charge on any atom is 0.416 e. The summed E-state index contributed by atoms with van der Waals surface area (Å²) < 4.78 is 37.0. The van der Waals surface area contributed by atoms with Gasteiger partial charge in [-0.25, -0.2) is 0 Å². The molecule has 0 saturated carbocycles. The Kier molecular flexibility index (Phi) is 2.98. The molecule has 0 atom stereocenters. The molecular formula is C11H9F3O. The topological polar surface area (TPSA) is 17.1 Å². The molecule has 1 aromatic rings. The lowest BCUT2D eigenvalue weighted by Gasteiger charge is -2.08. The lowest BCUT2D eigenvalue weighted by molar-refractivity contribution is -0.137. The molecule has 0 aliphatic heterocycles. The van der Waals surface area contributed by atoms with Crippen LogP contribution in [-0.2, 0) is 11.0 Å². The Hall–Kier alpha value is -1.58. The molecule has 0 spiro atoms. The first-order valence-corrected chi connectivity index (χ1v) is 4.20. The number of carbonyl (C=O) groups excluding carboxylic acids is 1. The summed E-state index contributed by atoms with van der Waals surface area (Å²) in [6, 6.07) is 4.56. The fourth-order valence-electron chi connectivity index (χ4n) is 1.09. The number of hydrogen-bond acceptors (Lipinski definition) is 1. The summed E-state index contributed by atoms with van der Waals surface area (Å²) in [5.74, 6) is -0.339. The number of Topliss-reactive ketones (excluding diaryl/α,β-unsaturated/α-hetero) is 1. The molecule has 1 aromatic carbocycles. The number of benzene rings is 1. The highest BCUT2D eigenvalue weighted by atomic mass is 19.4. The molecule has 0 aromatic heterocycles. The van der Waals surface area contributed by atoms with Crippen molar-refractivity contribution in [2.24, 2.45) is 0 Å². The highest BCUT2D eigenvalue weighted by molar-refractivity contribution is 6.18. The Bertz CT molecular complexity index is 405. The molecule has 0 radical (unpaired) electrons. The highest BCUT2D eigenvalue weighted by Gasteiger charge is 2.30. The number of alkyl halides is 3. The summed E-state index contributed by atoms with van der Waals surface area (Å²) in [7, 11) is 0.